The molecule has 1 aromatic carbocycles. The van der Waals surface area contributed by atoms with Crippen LogP contribution in [0, 0.1) is 0 Å². The van der Waals surface area contributed by atoms with E-state index in [-0.39, 0.29) is 0 Å². The standard InChI is InChI=1S/C17H24N2O2S/c1-20-13-7-9-14(10-8-13)21-11-4-12-22-17-18-15-5-2-3-6-16(15)19-17/h7-10,15-16H,2-6,11-12H2,1H3,(H,18,19). The van der Waals surface area contributed by atoms with Gasteiger partial charge in [-0.05, 0) is 43.5 Å². The van der Waals surface area contributed by atoms with Crippen LogP contribution in [0.1, 0.15) is 32.1 Å². The van der Waals surface area contributed by atoms with Gasteiger partial charge in [0.1, 0.15) is 11.5 Å². The Bertz CT molecular complexity index is 504. The monoisotopic (exact) mass is 320 g/mol. The molecule has 0 spiro atoms. The van der Waals surface area contributed by atoms with Gasteiger partial charge in [-0.3, -0.25) is 4.99 Å². The first-order valence-electron chi connectivity index (χ1n) is 8.09. The van der Waals surface area contributed by atoms with Crippen molar-refractivity contribution in [3.8, 4) is 11.5 Å². The van der Waals surface area contributed by atoms with E-state index in [4.69, 9.17) is 14.5 Å². The summed E-state index contributed by atoms with van der Waals surface area (Å²) in [4.78, 5) is 4.80. The molecular weight excluding hydrogens is 296 g/mol. The molecule has 1 aliphatic carbocycles. The number of aliphatic imine (C=N–C) groups is 1. The summed E-state index contributed by atoms with van der Waals surface area (Å²) in [5.74, 6) is 2.80. The van der Waals surface area contributed by atoms with Crippen LogP contribution in [0.3, 0.4) is 0 Å². The van der Waals surface area contributed by atoms with E-state index in [9.17, 15) is 0 Å². The summed E-state index contributed by atoms with van der Waals surface area (Å²) in [5.41, 5.74) is 0. The number of ether oxygens (including phenoxy) is 2. The molecule has 0 bridgehead atoms. The molecule has 2 unspecified atom stereocenters. The van der Waals surface area contributed by atoms with Crippen molar-refractivity contribution in [1.29, 1.82) is 0 Å². The first-order chi connectivity index (χ1) is 10.8. The molecule has 3 rings (SSSR count). The molecule has 4 nitrogen and oxygen atoms in total. The Morgan fingerprint density at radius 2 is 1.95 bits per heavy atom. The third kappa shape index (κ3) is 4.09. The summed E-state index contributed by atoms with van der Waals surface area (Å²) < 4.78 is 10.9. The van der Waals surface area contributed by atoms with Gasteiger partial charge in [-0.15, -0.1) is 0 Å². The average molecular weight is 320 g/mol. The lowest BCUT2D eigenvalue weighted by Gasteiger charge is -2.23. The minimum absolute atomic E-state index is 0.534. The van der Waals surface area contributed by atoms with Gasteiger partial charge in [-0.2, -0.15) is 0 Å². The Hall–Kier alpha value is -1.36. The van der Waals surface area contributed by atoms with Crippen molar-refractivity contribution >= 4 is 16.9 Å². The molecule has 1 fully saturated rings. The Morgan fingerprint density at radius 3 is 2.73 bits per heavy atom. The lowest BCUT2D eigenvalue weighted by Crippen LogP contribution is -2.36. The van der Waals surface area contributed by atoms with Crippen LogP contribution in [0.25, 0.3) is 0 Å². The van der Waals surface area contributed by atoms with E-state index in [0.717, 1.165) is 35.4 Å². The smallest absolute Gasteiger partial charge is 0.157 e. The molecule has 5 heteroatoms. The van der Waals surface area contributed by atoms with E-state index in [0.29, 0.717) is 12.1 Å². The maximum atomic E-state index is 5.74. The Labute approximate surface area is 136 Å². The van der Waals surface area contributed by atoms with E-state index >= 15 is 0 Å². The highest BCUT2D eigenvalue weighted by atomic mass is 32.2. The molecule has 1 saturated carbocycles. The largest absolute Gasteiger partial charge is 0.497 e. The molecule has 120 valence electrons. The van der Waals surface area contributed by atoms with Crippen LogP contribution in [-0.4, -0.2) is 36.7 Å². The molecular formula is C17H24N2O2S. The number of rotatable bonds is 6. The molecule has 1 heterocycles. The second kappa shape index (κ2) is 7.77. The van der Waals surface area contributed by atoms with Crippen LogP contribution in [-0.2, 0) is 0 Å². The Kier molecular flexibility index (Phi) is 5.48. The third-order valence-corrected chi connectivity index (χ3v) is 5.17. The highest BCUT2D eigenvalue weighted by Crippen LogP contribution is 2.27. The van der Waals surface area contributed by atoms with Gasteiger partial charge in [-0.1, -0.05) is 24.6 Å². The molecule has 22 heavy (non-hydrogen) atoms. The van der Waals surface area contributed by atoms with Gasteiger partial charge in [0.25, 0.3) is 0 Å². The zero-order valence-corrected chi connectivity index (χ0v) is 13.9. The topological polar surface area (TPSA) is 42.9 Å². The fourth-order valence-corrected chi connectivity index (χ4v) is 3.85. The Morgan fingerprint density at radius 1 is 1.18 bits per heavy atom. The molecule has 1 aliphatic heterocycles. The maximum Gasteiger partial charge on any atom is 0.157 e. The lowest BCUT2D eigenvalue weighted by molar-refractivity contribution is 0.318. The van der Waals surface area contributed by atoms with Crippen molar-refractivity contribution in [2.45, 2.75) is 44.2 Å². The quantitative estimate of drug-likeness (QED) is 0.815. The van der Waals surface area contributed by atoms with Crippen LogP contribution >= 0.6 is 11.8 Å². The molecule has 2 aliphatic rings. The van der Waals surface area contributed by atoms with Crippen molar-refractivity contribution in [1.82, 2.24) is 5.32 Å². The van der Waals surface area contributed by atoms with Gasteiger partial charge in [0.15, 0.2) is 5.17 Å². The minimum Gasteiger partial charge on any atom is -0.497 e. The van der Waals surface area contributed by atoms with Crippen LogP contribution in [0.5, 0.6) is 11.5 Å². The van der Waals surface area contributed by atoms with Gasteiger partial charge < -0.3 is 14.8 Å². The second-order valence-electron chi connectivity index (χ2n) is 5.76. The van der Waals surface area contributed by atoms with Crippen molar-refractivity contribution in [2.24, 2.45) is 4.99 Å². The number of hydrogen-bond acceptors (Lipinski definition) is 5. The van der Waals surface area contributed by atoms with E-state index in [1.165, 1.54) is 25.7 Å². The predicted molar refractivity (Wildman–Crippen MR) is 92.2 cm³/mol. The molecule has 1 aromatic rings. The van der Waals surface area contributed by atoms with Crippen molar-refractivity contribution in [2.75, 3.05) is 19.5 Å². The SMILES string of the molecule is COc1ccc(OCCCSC2=NC3CCCCC3N2)cc1. The van der Waals surface area contributed by atoms with Crippen molar-refractivity contribution < 1.29 is 9.47 Å². The molecule has 1 N–H and O–H groups in total. The van der Waals surface area contributed by atoms with Gasteiger partial charge in [0.05, 0.1) is 25.8 Å². The van der Waals surface area contributed by atoms with Gasteiger partial charge in [-0.25, -0.2) is 0 Å². The van der Waals surface area contributed by atoms with E-state index in [2.05, 4.69) is 5.32 Å². The van der Waals surface area contributed by atoms with Gasteiger partial charge in [0.2, 0.25) is 0 Å². The molecule has 0 amide bonds. The Balaban J connectivity index is 1.32. The number of benzene rings is 1. The highest BCUT2D eigenvalue weighted by molar-refractivity contribution is 8.13. The first kappa shape index (κ1) is 15.5. The fourth-order valence-electron chi connectivity index (χ4n) is 2.95. The predicted octanol–water partition coefficient (Wildman–Crippen LogP) is 3.47. The van der Waals surface area contributed by atoms with Gasteiger partial charge in [0, 0.05) is 5.75 Å². The van der Waals surface area contributed by atoms with Crippen molar-refractivity contribution in [3.05, 3.63) is 24.3 Å². The number of amidine groups is 1. The zero-order chi connectivity index (χ0) is 15.2. The summed E-state index contributed by atoms with van der Waals surface area (Å²) in [7, 11) is 1.67. The van der Waals surface area contributed by atoms with E-state index in [1.807, 2.05) is 36.0 Å². The van der Waals surface area contributed by atoms with E-state index < -0.39 is 0 Å². The first-order valence-corrected chi connectivity index (χ1v) is 9.08. The van der Waals surface area contributed by atoms with Crippen LogP contribution in [0.4, 0.5) is 0 Å². The number of methoxy groups -OCH3 is 1. The molecule has 0 saturated heterocycles. The number of thioether (sulfide) groups is 1. The fraction of sp³-hybridized carbons (Fsp3) is 0.588. The highest BCUT2D eigenvalue weighted by Gasteiger charge is 2.30. The van der Waals surface area contributed by atoms with Crippen LogP contribution in [0.15, 0.2) is 29.3 Å². The molecule has 0 aromatic heterocycles. The van der Waals surface area contributed by atoms with E-state index in [1.54, 1.807) is 7.11 Å². The summed E-state index contributed by atoms with van der Waals surface area (Å²) in [5, 5.41) is 4.71. The third-order valence-electron chi connectivity index (χ3n) is 4.18. The molecule has 0 radical (unpaired) electrons. The number of hydrogen-bond donors (Lipinski definition) is 1. The summed E-state index contributed by atoms with van der Waals surface area (Å²) in [6.45, 7) is 0.736. The maximum absolute atomic E-state index is 5.74. The summed E-state index contributed by atoms with van der Waals surface area (Å²) in [6, 6.07) is 8.86. The lowest BCUT2D eigenvalue weighted by atomic mass is 9.92. The average Bonchev–Trinajstić information content (AvgIpc) is 2.98. The number of nitrogens with one attached hydrogen (secondary N) is 1. The normalized spacial score (nSPS) is 23.4. The second-order valence-corrected chi connectivity index (χ2v) is 6.85. The molecule has 2 atom stereocenters. The van der Waals surface area contributed by atoms with Gasteiger partial charge >= 0.3 is 0 Å². The zero-order valence-electron chi connectivity index (χ0n) is 13.1. The van der Waals surface area contributed by atoms with Crippen molar-refractivity contribution in [3.63, 3.8) is 0 Å². The number of nitrogens with zero attached hydrogens (tertiary/aromatic N) is 1. The summed E-state index contributed by atoms with van der Waals surface area (Å²) in [6.07, 6.45) is 6.23. The van der Waals surface area contributed by atoms with Crippen LogP contribution in [0.2, 0.25) is 0 Å². The minimum atomic E-state index is 0.534. The number of fused-ring (bicyclic) bond motifs is 1. The van der Waals surface area contributed by atoms with Crippen LogP contribution < -0.4 is 14.8 Å². The summed E-state index contributed by atoms with van der Waals surface area (Å²) >= 11 is 1.83.